The number of aliphatic imine (C=N–C) groups is 1. The Balaban J connectivity index is 0.00000484. The molecule has 1 saturated heterocycles. The third-order valence-corrected chi connectivity index (χ3v) is 4.34. The maximum Gasteiger partial charge on any atom is 0.225 e. The predicted octanol–water partition coefficient (Wildman–Crippen LogP) is 2.85. The number of nitrogens with one attached hydrogen (secondary N) is 2. The lowest BCUT2D eigenvalue weighted by atomic mass is 10.0. The summed E-state index contributed by atoms with van der Waals surface area (Å²) in [4.78, 5) is 18.7. The van der Waals surface area contributed by atoms with Crippen LogP contribution in [0.2, 0.25) is 0 Å². The Morgan fingerprint density at radius 2 is 1.91 bits per heavy atom. The fourth-order valence-electron chi connectivity index (χ4n) is 2.72. The molecule has 0 radical (unpaired) electrons. The minimum Gasteiger partial charge on any atom is -0.357 e. The first-order valence-electron chi connectivity index (χ1n) is 8.85. The quantitative estimate of drug-likeness (QED) is 0.365. The molecular formula is C17H35IN4O. The number of nitrogens with zero attached hydrogens (tertiary/aromatic N) is 2. The summed E-state index contributed by atoms with van der Waals surface area (Å²) in [5.74, 6) is 1.87. The van der Waals surface area contributed by atoms with Crippen molar-refractivity contribution in [1.82, 2.24) is 15.5 Å². The summed E-state index contributed by atoms with van der Waals surface area (Å²) >= 11 is 0. The molecule has 1 heterocycles. The van der Waals surface area contributed by atoms with Gasteiger partial charge in [-0.1, -0.05) is 40.5 Å². The minimum absolute atomic E-state index is 0. The van der Waals surface area contributed by atoms with Gasteiger partial charge in [-0.15, -0.1) is 24.0 Å². The van der Waals surface area contributed by atoms with E-state index in [0.29, 0.717) is 12.0 Å². The largest absolute Gasteiger partial charge is 0.357 e. The van der Waals surface area contributed by atoms with Crippen LogP contribution in [0.15, 0.2) is 4.99 Å². The molecule has 1 amide bonds. The van der Waals surface area contributed by atoms with E-state index in [2.05, 4.69) is 31.4 Å². The molecule has 0 saturated carbocycles. The number of hydrogen-bond acceptors (Lipinski definition) is 2. The molecule has 1 aliphatic heterocycles. The van der Waals surface area contributed by atoms with Gasteiger partial charge in [-0.05, 0) is 19.3 Å². The monoisotopic (exact) mass is 438 g/mol. The molecule has 1 rings (SSSR count). The van der Waals surface area contributed by atoms with Crippen LogP contribution in [-0.4, -0.2) is 49.0 Å². The molecule has 1 aliphatic rings. The number of rotatable bonds is 7. The highest BCUT2D eigenvalue weighted by Crippen LogP contribution is 2.13. The molecule has 2 N–H and O–H groups in total. The van der Waals surface area contributed by atoms with Crippen LogP contribution in [0, 0.1) is 11.8 Å². The zero-order valence-electron chi connectivity index (χ0n) is 15.4. The van der Waals surface area contributed by atoms with Crippen molar-refractivity contribution >= 4 is 35.8 Å². The van der Waals surface area contributed by atoms with Crippen molar-refractivity contribution in [2.24, 2.45) is 16.8 Å². The lowest BCUT2D eigenvalue weighted by Gasteiger charge is -2.20. The Labute approximate surface area is 159 Å². The topological polar surface area (TPSA) is 56.7 Å². The van der Waals surface area contributed by atoms with Crippen LogP contribution in [0.25, 0.3) is 0 Å². The molecule has 136 valence electrons. The molecule has 23 heavy (non-hydrogen) atoms. The molecule has 0 bridgehead atoms. The first kappa shape index (κ1) is 22.5. The van der Waals surface area contributed by atoms with Crippen LogP contribution >= 0.6 is 24.0 Å². The van der Waals surface area contributed by atoms with Crippen molar-refractivity contribution in [2.45, 2.75) is 59.9 Å². The second kappa shape index (κ2) is 11.9. The Kier molecular flexibility index (Phi) is 11.6. The maximum absolute atomic E-state index is 12.0. The molecule has 5 nitrogen and oxygen atoms in total. The van der Waals surface area contributed by atoms with Gasteiger partial charge in [0, 0.05) is 38.1 Å². The van der Waals surface area contributed by atoms with E-state index in [4.69, 9.17) is 4.99 Å². The van der Waals surface area contributed by atoms with Crippen LogP contribution in [0.5, 0.6) is 0 Å². The van der Waals surface area contributed by atoms with E-state index in [0.717, 1.165) is 38.6 Å². The fourth-order valence-corrected chi connectivity index (χ4v) is 2.72. The molecule has 1 atom stereocenters. The highest BCUT2D eigenvalue weighted by Gasteiger charge is 2.27. The number of amides is 1. The Morgan fingerprint density at radius 3 is 2.43 bits per heavy atom. The van der Waals surface area contributed by atoms with Gasteiger partial charge >= 0.3 is 0 Å². The maximum atomic E-state index is 12.0. The third kappa shape index (κ3) is 7.72. The highest BCUT2D eigenvalue weighted by molar-refractivity contribution is 14.0. The molecule has 1 fully saturated rings. The Bertz CT molecular complexity index is 370. The van der Waals surface area contributed by atoms with Gasteiger partial charge in [0.1, 0.15) is 0 Å². The SMILES string of the molecule is CCNC(=NCC(CC)CC)NC1CCN(C(=O)C(C)C)C1.I. The van der Waals surface area contributed by atoms with Gasteiger partial charge in [0.05, 0.1) is 0 Å². The van der Waals surface area contributed by atoms with Gasteiger partial charge in [0.2, 0.25) is 5.91 Å². The zero-order chi connectivity index (χ0) is 16.5. The number of hydrogen-bond donors (Lipinski definition) is 2. The Morgan fingerprint density at radius 1 is 1.26 bits per heavy atom. The van der Waals surface area contributed by atoms with Crippen molar-refractivity contribution in [1.29, 1.82) is 0 Å². The molecule has 1 unspecified atom stereocenters. The van der Waals surface area contributed by atoms with Crippen LogP contribution in [0.1, 0.15) is 53.9 Å². The molecule has 0 aromatic heterocycles. The van der Waals surface area contributed by atoms with Gasteiger partial charge in [0.25, 0.3) is 0 Å². The van der Waals surface area contributed by atoms with E-state index in [1.165, 1.54) is 12.8 Å². The smallest absolute Gasteiger partial charge is 0.225 e. The summed E-state index contributed by atoms with van der Waals surface area (Å²) in [7, 11) is 0. The van der Waals surface area contributed by atoms with E-state index in [1.807, 2.05) is 18.7 Å². The summed E-state index contributed by atoms with van der Waals surface area (Å²) in [6.45, 7) is 13.8. The Hall–Kier alpha value is -0.530. The average Bonchev–Trinajstić information content (AvgIpc) is 2.95. The van der Waals surface area contributed by atoms with Crippen LogP contribution in [-0.2, 0) is 4.79 Å². The van der Waals surface area contributed by atoms with Crippen LogP contribution < -0.4 is 10.6 Å². The number of carbonyl (C=O) groups excluding carboxylic acids is 1. The first-order chi connectivity index (χ1) is 10.5. The molecule has 0 aromatic carbocycles. The van der Waals surface area contributed by atoms with Gasteiger partial charge in [-0.25, -0.2) is 0 Å². The number of likely N-dealkylation sites (tertiary alicyclic amines) is 1. The molecule has 0 spiro atoms. The van der Waals surface area contributed by atoms with Crippen molar-refractivity contribution < 1.29 is 4.79 Å². The summed E-state index contributed by atoms with van der Waals surface area (Å²) in [5, 5.41) is 6.80. The lowest BCUT2D eigenvalue weighted by molar-refractivity contribution is -0.133. The molecule has 6 heteroatoms. The fraction of sp³-hybridized carbons (Fsp3) is 0.882. The van der Waals surface area contributed by atoms with E-state index in [-0.39, 0.29) is 35.8 Å². The molecule has 0 aromatic rings. The minimum atomic E-state index is 0. The summed E-state index contributed by atoms with van der Waals surface area (Å²) in [5.41, 5.74) is 0. The van der Waals surface area contributed by atoms with Crippen molar-refractivity contribution in [3.05, 3.63) is 0 Å². The summed E-state index contributed by atoms with van der Waals surface area (Å²) in [6, 6.07) is 0.308. The standard InChI is InChI=1S/C17H34N4O.HI/c1-6-14(7-2)11-19-17(18-8-3)20-15-9-10-21(12-15)16(22)13(4)5;/h13-15H,6-12H2,1-5H3,(H2,18,19,20);1H. The van der Waals surface area contributed by atoms with E-state index in [1.54, 1.807) is 0 Å². The summed E-state index contributed by atoms with van der Waals surface area (Å²) < 4.78 is 0. The highest BCUT2D eigenvalue weighted by atomic mass is 127. The second-order valence-electron chi connectivity index (χ2n) is 6.47. The van der Waals surface area contributed by atoms with Gasteiger partial charge in [-0.2, -0.15) is 0 Å². The number of guanidine groups is 1. The van der Waals surface area contributed by atoms with Gasteiger partial charge in [-0.3, -0.25) is 9.79 Å². The van der Waals surface area contributed by atoms with E-state index in [9.17, 15) is 4.79 Å². The second-order valence-corrected chi connectivity index (χ2v) is 6.47. The third-order valence-electron chi connectivity index (χ3n) is 4.34. The van der Waals surface area contributed by atoms with Crippen LogP contribution in [0.4, 0.5) is 0 Å². The average molecular weight is 438 g/mol. The number of carbonyl (C=O) groups is 1. The van der Waals surface area contributed by atoms with Crippen molar-refractivity contribution in [3.8, 4) is 0 Å². The van der Waals surface area contributed by atoms with Crippen molar-refractivity contribution in [2.75, 3.05) is 26.2 Å². The van der Waals surface area contributed by atoms with Gasteiger partial charge in [0.15, 0.2) is 5.96 Å². The van der Waals surface area contributed by atoms with E-state index >= 15 is 0 Å². The first-order valence-corrected chi connectivity index (χ1v) is 8.85. The molecular weight excluding hydrogens is 403 g/mol. The summed E-state index contributed by atoms with van der Waals surface area (Å²) in [6.07, 6.45) is 3.33. The lowest BCUT2D eigenvalue weighted by Crippen LogP contribution is -2.45. The van der Waals surface area contributed by atoms with Gasteiger partial charge < -0.3 is 15.5 Å². The molecule has 0 aliphatic carbocycles. The predicted molar refractivity (Wildman–Crippen MR) is 108 cm³/mol. The van der Waals surface area contributed by atoms with Crippen molar-refractivity contribution in [3.63, 3.8) is 0 Å². The van der Waals surface area contributed by atoms with Crippen LogP contribution in [0.3, 0.4) is 0 Å². The van der Waals surface area contributed by atoms with E-state index < -0.39 is 0 Å². The normalized spacial score (nSPS) is 18.3. The zero-order valence-corrected chi connectivity index (χ0v) is 17.7. The number of halogens is 1.